The molecule has 1 saturated carbocycles. The van der Waals surface area contributed by atoms with E-state index in [4.69, 9.17) is 10.00 Å². The van der Waals surface area contributed by atoms with Crippen LogP contribution in [0.1, 0.15) is 92.1 Å². The normalized spacial score (nSPS) is 18.8. The number of halogens is 1. The number of hydrogen-bond donors (Lipinski definition) is 0. The molecule has 1 fully saturated rings. The van der Waals surface area contributed by atoms with Crippen LogP contribution < -0.4 is 4.74 Å². The Morgan fingerprint density at radius 3 is 2.52 bits per heavy atom. The largest absolute Gasteiger partial charge is 0.423 e. The van der Waals surface area contributed by atoms with E-state index in [0.29, 0.717) is 17.4 Å². The van der Waals surface area contributed by atoms with Gasteiger partial charge in [0.05, 0.1) is 11.1 Å². The van der Waals surface area contributed by atoms with Gasteiger partial charge in [-0.15, -0.1) is 6.58 Å². The van der Waals surface area contributed by atoms with Crippen LogP contribution in [0.25, 0.3) is 0 Å². The number of nitrogens with zero attached hydrogens (tertiary/aromatic N) is 1. The van der Waals surface area contributed by atoms with E-state index < -0.39 is 11.8 Å². The summed E-state index contributed by atoms with van der Waals surface area (Å²) in [6, 6.07) is 13.1. The molecular formula is C29H34FNO2. The van der Waals surface area contributed by atoms with Gasteiger partial charge in [0.1, 0.15) is 17.6 Å². The number of rotatable bonds is 10. The van der Waals surface area contributed by atoms with Crippen LogP contribution in [-0.4, -0.2) is 5.97 Å². The maximum atomic E-state index is 13.8. The first-order valence-electron chi connectivity index (χ1n) is 12.2. The molecule has 0 aromatic heterocycles. The van der Waals surface area contributed by atoms with Gasteiger partial charge >= 0.3 is 5.97 Å². The second-order valence-electron chi connectivity index (χ2n) is 9.17. The third-order valence-corrected chi connectivity index (χ3v) is 6.94. The number of allylic oxidation sites excluding steroid dienone is 1. The molecule has 0 aliphatic heterocycles. The standard InChI is InChI=1S/C29H34FNO2/c1-3-5-6-8-21-9-11-22(12-10-21)27(7-4-2)23-13-15-24(16-14-23)29(32)33-26-18-17-25(20-31)28(30)19-26/h4,13-19,21-22,27H,2-3,5-12H2,1H3. The Labute approximate surface area is 197 Å². The average molecular weight is 448 g/mol. The van der Waals surface area contributed by atoms with Crippen molar-refractivity contribution in [1.82, 2.24) is 0 Å². The Hall–Kier alpha value is -2.93. The van der Waals surface area contributed by atoms with Gasteiger partial charge in [-0.05, 0) is 66.8 Å². The molecule has 1 atom stereocenters. The fourth-order valence-electron chi connectivity index (χ4n) is 5.02. The van der Waals surface area contributed by atoms with E-state index >= 15 is 0 Å². The van der Waals surface area contributed by atoms with E-state index in [2.05, 4.69) is 13.5 Å². The summed E-state index contributed by atoms with van der Waals surface area (Å²) in [4.78, 5) is 12.5. The third-order valence-electron chi connectivity index (χ3n) is 6.94. The maximum absolute atomic E-state index is 13.8. The minimum Gasteiger partial charge on any atom is -0.423 e. The fourth-order valence-corrected chi connectivity index (χ4v) is 5.02. The van der Waals surface area contributed by atoms with E-state index in [1.807, 2.05) is 18.2 Å². The van der Waals surface area contributed by atoms with Crippen LogP contribution in [0.4, 0.5) is 4.39 Å². The Balaban J connectivity index is 1.62. The molecule has 4 heteroatoms. The predicted molar refractivity (Wildman–Crippen MR) is 130 cm³/mol. The highest BCUT2D eigenvalue weighted by molar-refractivity contribution is 5.91. The molecule has 2 aromatic rings. The van der Waals surface area contributed by atoms with Crippen LogP contribution in [0.5, 0.6) is 5.75 Å². The lowest BCUT2D eigenvalue weighted by Crippen LogP contribution is -2.21. The zero-order chi connectivity index (χ0) is 23.6. The van der Waals surface area contributed by atoms with Gasteiger partial charge in [-0.25, -0.2) is 9.18 Å². The summed E-state index contributed by atoms with van der Waals surface area (Å²) in [5, 5.41) is 8.83. The van der Waals surface area contributed by atoms with Crippen LogP contribution in [0.3, 0.4) is 0 Å². The third kappa shape index (κ3) is 6.78. The molecule has 1 aliphatic rings. The molecule has 0 spiro atoms. The van der Waals surface area contributed by atoms with Gasteiger partial charge in [-0.2, -0.15) is 5.26 Å². The van der Waals surface area contributed by atoms with Crippen LogP contribution >= 0.6 is 0 Å². The lowest BCUT2D eigenvalue weighted by Gasteiger charge is -2.34. The number of carbonyl (C=O) groups is 1. The van der Waals surface area contributed by atoms with Gasteiger partial charge in [-0.1, -0.05) is 63.7 Å². The molecule has 3 rings (SSSR count). The number of esters is 1. The summed E-state index contributed by atoms with van der Waals surface area (Å²) in [7, 11) is 0. The molecule has 33 heavy (non-hydrogen) atoms. The molecule has 0 heterocycles. The minimum atomic E-state index is -0.703. The number of unbranched alkanes of at least 4 members (excludes halogenated alkanes) is 2. The van der Waals surface area contributed by atoms with Crippen molar-refractivity contribution in [2.75, 3.05) is 0 Å². The molecule has 174 valence electrons. The molecule has 0 N–H and O–H groups in total. The zero-order valence-electron chi connectivity index (χ0n) is 19.6. The SMILES string of the molecule is C=CCC(c1ccc(C(=O)Oc2ccc(C#N)c(F)c2)cc1)C1CCC(CCCCC)CC1. The van der Waals surface area contributed by atoms with E-state index in [0.717, 1.165) is 18.4 Å². The zero-order valence-corrected chi connectivity index (χ0v) is 19.6. The number of hydrogen-bond acceptors (Lipinski definition) is 3. The smallest absolute Gasteiger partial charge is 0.343 e. The molecule has 0 saturated heterocycles. The first-order valence-corrected chi connectivity index (χ1v) is 12.2. The van der Waals surface area contributed by atoms with Gasteiger partial charge in [0.2, 0.25) is 0 Å². The molecule has 0 radical (unpaired) electrons. The molecule has 0 bridgehead atoms. The number of carbonyl (C=O) groups excluding carboxylic acids is 1. The van der Waals surface area contributed by atoms with E-state index in [1.165, 1.54) is 69.1 Å². The minimum absolute atomic E-state index is 0.0811. The second-order valence-corrected chi connectivity index (χ2v) is 9.17. The highest BCUT2D eigenvalue weighted by atomic mass is 19.1. The van der Waals surface area contributed by atoms with Gasteiger partial charge in [-0.3, -0.25) is 0 Å². The van der Waals surface area contributed by atoms with Crippen LogP contribution in [-0.2, 0) is 0 Å². The van der Waals surface area contributed by atoms with Crippen molar-refractivity contribution in [3.05, 3.63) is 77.6 Å². The summed E-state index contributed by atoms with van der Waals surface area (Å²) in [5.41, 5.74) is 1.56. The van der Waals surface area contributed by atoms with Gasteiger partial charge < -0.3 is 4.74 Å². The van der Waals surface area contributed by atoms with E-state index in [-0.39, 0.29) is 11.3 Å². The second kappa shape index (κ2) is 12.3. The Morgan fingerprint density at radius 2 is 1.91 bits per heavy atom. The topological polar surface area (TPSA) is 50.1 Å². The lowest BCUT2D eigenvalue weighted by atomic mass is 9.71. The van der Waals surface area contributed by atoms with E-state index in [9.17, 15) is 9.18 Å². The van der Waals surface area contributed by atoms with Gasteiger partial charge in [0, 0.05) is 6.07 Å². The van der Waals surface area contributed by atoms with Crippen molar-refractivity contribution in [1.29, 1.82) is 5.26 Å². The summed E-state index contributed by atoms with van der Waals surface area (Å²) in [6.45, 7) is 6.23. The van der Waals surface area contributed by atoms with Crippen molar-refractivity contribution >= 4 is 5.97 Å². The van der Waals surface area contributed by atoms with Crippen molar-refractivity contribution in [3.63, 3.8) is 0 Å². The number of benzene rings is 2. The summed E-state index contributed by atoms with van der Waals surface area (Å²) in [5.74, 6) is 0.771. The average Bonchev–Trinajstić information content (AvgIpc) is 2.83. The summed E-state index contributed by atoms with van der Waals surface area (Å²) in [6.07, 6.45) is 13.4. The Morgan fingerprint density at radius 1 is 1.18 bits per heavy atom. The van der Waals surface area contributed by atoms with Gasteiger partial charge in [0.25, 0.3) is 0 Å². The highest BCUT2D eigenvalue weighted by Gasteiger charge is 2.28. The van der Waals surface area contributed by atoms with Crippen molar-refractivity contribution in [2.45, 2.75) is 70.6 Å². The molecule has 3 nitrogen and oxygen atoms in total. The predicted octanol–water partition coefficient (Wildman–Crippen LogP) is 7.96. The molecule has 0 amide bonds. The maximum Gasteiger partial charge on any atom is 0.343 e. The first kappa shape index (κ1) is 24.7. The van der Waals surface area contributed by atoms with Crippen molar-refractivity contribution in [2.24, 2.45) is 11.8 Å². The van der Waals surface area contributed by atoms with Crippen molar-refractivity contribution < 1.29 is 13.9 Å². The summed E-state index contributed by atoms with van der Waals surface area (Å²) >= 11 is 0. The molecule has 2 aromatic carbocycles. The molecular weight excluding hydrogens is 413 g/mol. The highest BCUT2D eigenvalue weighted by Crippen LogP contribution is 2.41. The monoisotopic (exact) mass is 447 g/mol. The molecule has 1 aliphatic carbocycles. The Kier molecular flexibility index (Phi) is 9.24. The van der Waals surface area contributed by atoms with Gasteiger partial charge in [0.15, 0.2) is 0 Å². The van der Waals surface area contributed by atoms with Crippen LogP contribution in [0, 0.1) is 29.0 Å². The summed E-state index contributed by atoms with van der Waals surface area (Å²) < 4.78 is 19.1. The lowest BCUT2D eigenvalue weighted by molar-refractivity contribution is 0.0734. The Bertz CT molecular complexity index is 968. The first-order chi connectivity index (χ1) is 16.0. The molecule has 1 unspecified atom stereocenters. The van der Waals surface area contributed by atoms with E-state index in [1.54, 1.807) is 18.2 Å². The van der Waals surface area contributed by atoms with Crippen LogP contribution in [0.2, 0.25) is 0 Å². The number of ether oxygens (including phenoxy) is 1. The van der Waals surface area contributed by atoms with Crippen molar-refractivity contribution in [3.8, 4) is 11.8 Å². The quantitative estimate of drug-likeness (QED) is 0.161. The van der Waals surface area contributed by atoms with Crippen LogP contribution in [0.15, 0.2) is 55.1 Å². The fraction of sp³-hybridized carbons (Fsp3) is 0.448. The number of nitriles is 1.